The first kappa shape index (κ1) is 9.69. The fraction of sp³-hybridized carbons (Fsp3) is 0.818. The molecule has 2 amide bonds. The van der Waals surface area contributed by atoms with E-state index in [9.17, 15) is 9.59 Å². The van der Waals surface area contributed by atoms with Gasteiger partial charge in [-0.3, -0.25) is 14.5 Å². The molecule has 1 aliphatic heterocycles. The second-order valence-corrected chi connectivity index (χ2v) is 4.64. The predicted octanol–water partition coefficient (Wildman–Crippen LogP) is 1.57. The van der Waals surface area contributed by atoms with Gasteiger partial charge >= 0.3 is 0 Å². The molecule has 2 rings (SSSR count). The maximum Gasteiger partial charge on any atom is 0.233 e. The smallest absolute Gasteiger partial charge is 0.233 e. The van der Waals surface area contributed by atoms with Crippen molar-refractivity contribution in [1.29, 1.82) is 0 Å². The lowest BCUT2D eigenvalue weighted by atomic mass is 9.81. The van der Waals surface area contributed by atoms with Crippen LogP contribution in [0.15, 0.2) is 0 Å². The highest BCUT2D eigenvalue weighted by Crippen LogP contribution is 2.38. The molecule has 0 N–H and O–H groups in total. The van der Waals surface area contributed by atoms with Gasteiger partial charge in [-0.2, -0.15) is 0 Å². The monoisotopic (exact) mass is 195 g/mol. The average Bonchev–Trinajstić information content (AvgIpc) is 2.41. The van der Waals surface area contributed by atoms with E-state index in [0.717, 1.165) is 25.7 Å². The number of imide groups is 1. The minimum absolute atomic E-state index is 0.0126. The molecule has 0 spiro atoms. The lowest BCUT2D eigenvalue weighted by Crippen LogP contribution is -2.37. The number of fused-ring (bicyclic) bond motifs is 1. The number of rotatable bonds is 1. The minimum atomic E-state index is 0.0126. The van der Waals surface area contributed by atoms with Crippen LogP contribution in [0.4, 0.5) is 0 Å². The van der Waals surface area contributed by atoms with Crippen LogP contribution < -0.4 is 0 Å². The number of hydrogen-bond donors (Lipinski definition) is 0. The van der Waals surface area contributed by atoms with Gasteiger partial charge in [-0.15, -0.1) is 0 Å². The van der Waals surface area contributed by atoms with Crippen molar-refractivity contribution in [1.82, 2.24) is 4.90 Å². The van der Waals surface area contributed by atoms with Gasteiger partial charge in [0.25, 0.3) is 0 Å². The number of nitrogens with zero attached hydrogens (tertiary/aromatic N) is 1. The average molecular weight is 195 g/mol. The van der Waals surface area contributed by atoms with Crippen molar-refractivity contribution >= 4 is 11.8 Å². The van der Waals surface area contributed by atoms with Crippen LogP contribution in [0, 0.1) is 11.8 Å². The largest absolute Gasteiger partial charge is 0.280 e. The van der Waals surface area contributed by atoms with Crippen molar-refractivity contribution in [2.75, 3.05) is 0 Å². The highest BCUT2D eigenvalue weighted by molar-refractivity contribution is 6.05. The molecule has 0 radical (unpaired) electrons. The molecule has 2 fully saturated rings. The van der Waals surface area contributed by atoms with E-state index < -0.39 is 0 Å². The Labute approximate surface area is 84.5 Å². The highest BCUT2D eigenvalue weighted by atomic mass is 16.2. The van der Waals surface area contributed by atoms with Crippen LogP contribution in [0.3, 0.4) is 0 Å². The molecule has 1 heterocycles. The van der Waals surface area contributed by atoms with Gasteiger partial charge in [0, 0.05) is 6.04 Å². The third-order valence-electron chi connectivity index (χ3n) is 3.39. The topological polar surface area (TPSA) is 37.4 Å². The molecule has 3 nitrogen and oxygen atoms in total. The molecule has 2 aliphatic rings. The molecule has 14 heavy (non-hydrogen) atoms. The summed E-state index contributed by atoms with van der Waals surface area (Å²) in [4.78, 5) is 25.3. The molecular formula is C11H17NO2. The van der Waals surface area contributed by atoms with E-state index in [4.69, 9.17) is 0 Å². The van der Waals surface area contributed by atoms with Gasteiger partial charge in [0.15, 0.2) is 0 Å². The van der Waals surface area contributed by atoms with Crippen LogP contribution in [-0.2, 0) is 9.59 Å². The Morgan fingerprint density at radius 1 is 1.07 bits per heavy atom. The van der Waals surface area contributed by atoms with Crippen molar-refractivity contribution in [3.05, 3.63) is 0 Å². The van der Waals surface area contributed by atoms with Crippen molar-refractivity contribution < 1.29 is 9.59 Å². The molecular weight excluding hydrogens is 178 g/mol. The summed E-state index contributed by atoms with van der Waals surface area (Å²) in [7, 11) is 0. The van der Waals surface area contributed by atoms with Crippen molar-refractivity contribution in [3.8, 4) is 0 Å². The van der Waals surface area contributed by atoms with Gasteiger partial charge in [-0.05, 0) is 26.7 Å². The number of amides is 2. The second-order valence-electron chi connectivity index (χ2n) is 4.64. The normalized spacial score (nSPS) is 32.6. The van der Waals surface area contributed by atoms with E-state index in [1.807, 2.05) is 13.8 Å². The second kappa shape index (κ2) is 3.37. The molecule has 3 heteroatoms. The van der Waals surface area contributed by atoms with E-state index in [2.05, 4.69) is 0 Å². The van der Waals surface area contributed by atoms with Gasteiger partial charge in [0.05, 0.1) is 11.8 Å². The summed E-state index contributed by atoms with van der Waals surface area (Å²) >= 11 is 0. The third kappa shape index (κ3) is 1.26. The molecule has 78 valence electrons. The van der Waals surface area contributed by atoms with E-state index in [1.165, 1.54) is 4.90 Å². The molecule has 0 aromatic heterocycles. The predicted molar refractivity (Wildman–Crippen MR) is 52.4 cm³/mol. The Kier molecular flexibility index (Phi) is 2.33. The summed E-state index contributed by atoms with van der Waals surface area (Å²) in [5.41, 5.74) is 0. The van der Waals surface area contributed by atoms with Crippen LogP contribution in [-0.4, -0.2) is 22.8 Å². The van der Waals surface area contributed by atoms with Crippen LogP contribution in [0.2, 0.25) is 0 Å². The van der Waals surface area contributed by atoms with E-state index in [1.54, 1.807) is 0 Å². The molecule has 1 saturated carbocycles. The van der Waals surface area contributed by atoms with Crippen LogP contribution in [0.5, 0.6) is 0 Å². The molecule has 0 unspecified atom stereocenters. The number of carbonyl (C=O) groups is 2. The Morgan fingerprint density at radius 3 is 1.86 bits per heavy atom. The Balaban J connectivity index is 2.24. The molecule has 0 aromatic rings. The molecule has 2 atom stereocenters. The van der Waals surface area contributed by atoms with Gasteiger partial charge in [0.1, 0.15) is 0 Å². The van der Waals surface area contributed by atoms with E-state index >= 15 is 0 Å². The highest BCUT2D eigenvalue weighted by Gasteiger charge is 2.48. The first-order valence-electron chi connectivity index (χ1n) is 5.50. The van der Waals surface area contributed by atoms with Crippen molar-refractivity contribution in [2.45, 2.75) is 45.6 Å². The van der Waals surface area contributed by atoms with Gasteiger partial charge in [-0.25, -0.2) is 0 Å². The Bertz CT molecular complexity index is 248. The van der Waals surface area contributed by atoms with Gasteiger partial charge in [0.2, 0.25) is 11.8 Å². The SMILES string of the molecule is CC(C)N1C(=O)[C@H]2CCCC[C@H]2C1=O. The van der Waals surface area contributed by atoms with Crippen LogP contribution in [0.25, 0.3) is 0 Å². The number of hydrogen-bond acceptors (Lipinski definition) is 2. The summed E-state index contributed by atoms with van der Waals surface area (Å²) in [6, 6.07) is 0.0283. The zero-order valence-corrected chi connectivity index (χ0v) is 8.82. The molecule has 1 saturated heterocycles. The molecule has 0 bridgehead atoms. The van der Waals surface area contributed by atoms with Crippen molar-refractivity contribution in [2.24, 2.45) is 11.8 Å². The van der Waals surface area contributed by atoms with Crippen LogP contribution >= 0.6 is 0 Å². The fourth-order valence-electron chi connectivity index (χ4n) is 2.70. The summed E-state index contributed by atoms with van der Waals surface area (Å²) in [6.45, 7) is 3.82. The molecule has 1 aliphatic carbocycles. The first-order valence-corrected chi connectivity index (χ1v) is 5.50. The lowest BCUT2D eigenvalue weighted by molar-refractivity contribution is -0.141. The zero-order valence-electron chi connectivity index (χ0n) is 8.82. The summed E-state index contributed by atoms with van der Waals surface area (Å²) < 4.78 is 0. The standard InChI is InChI=1S/C11H17NO2/c1-7(2)12-10(13)8-5-3-4-6-9(8)11(12)14/h7-9H,3-6H2,1-2H3/t8-,9+. The van der Waals surface area contributed by atoms with E-state index in [-0.39, 0.29) is 29.7 Å². The maximum absolute atomic E-state index is 11.9. The maximum atomic E-state index is 11.9. The number of carbonyl (C=O) groups excluding carboxylic acids is 2. The first-order chi connectivity index (χ1) is 6.63. The van der Waals surface area contributed by atoms with Crippen molar-refractivity contribution in [3.63, 3.8) is 0 Å². The molecule has 0 aromatic carbocycles. The summed E-state index contributed by atoms with van der Waals surface area (Å²) in [5, 5.41) is 0. The fourth-order valence-corrected chi connectivity index (χ4v) is 2.70. The Morgan fingerprint density at radius 2 is 1.50 bits per heavy atom. The summed E-state index contributed by atoms with van der Waals surface area (Å²) in [5.74, 6) is 0.182. The van der Waals surface area contributed by atoms with Gasteiger partial charge in [-0.1, -0.05) is 12.8 Å². The minimum Gasteiger partial charge on any atom is -0.280 e. The van der Waals surface area contributed by atoms with E-state index in [0.29, 0.717) is 0 Å². The van der Waals surface area contributed by atoms with Crippen LogP contribution in [0.1, 0.15) is 39.5 Å². The summed E-state index contributed by atoms with van der Waals surface area (Å²) in [6.07, 6.45) is 4.04. The lowest BCUT2D eigenvalue weighted by Gasteiger charge is -2.19. The number of likely N-dealkylation sites (tertiary alicyclic amines) is 1. The zero-order chi connectivity index (χ0) is 10.3. The quantitative estimate of drug-likeness (QED) is 0.595. The third-order valence-corrected chi connectivity index (χ3v) is 3.39. The van der Waals surface area contributed by atoms with Gasteiger partial charge < -0.3 is 0 Å². The Hall–Kier alpha value is -0.860.